The van der Waals surface area contributed by atoms with E-state index in [9.17, 15) is 8.42 Å². The van der Waals surface area contributed by atoms with Gasteiger partial charge < -0.3 is 14.2 Å². The summed E-state index contributed by atoms with van der Waals surface area (Å²) in [5.41, 5.74) is 0.988. The monoisotopic (exact) mass is 360 g/mol. The third-order valence-corrected chi connectivity index (χ3v) is 4.70. The first-order valence-corrected chi connectivity index (χ1v) is 9.37. The lowest BCUT2D eigenvalue weighted by molar-refractivity contribution is -0.0656. The van der Waals surface area contributed by atoms with Gasteiger partial charge in [0, 0.05) is 7.11 Å². The normalized spacial score (nSPS) is 15.9. The molecule has 0 N–H and O–H groups in total. The molecule has 0 spiro atoms. The van der Waals surface area contributed by atoms with Gasteiger partial charge in [-0.2, -0.15) is 8.42 Å². The Bertz CT molecular complexity index is 569. The molecule has 138 valence electrons. The van der Waals surface area contributed by atoms with Crippen molar-refractivity contribution in [3.63, 3.8) is 0 Å². The van der Waals surface area contributed by atoms with Gasteiger partial charge >= 0.3 is 0 Å². The number of hydrogen-bond acceptors (Lipinski definition) is 6. The van der Waals surface area contributed by atoms with Crippen LogP contribution in [0.1, 0.15) is 26.3 Å². The van der Waals surface area contributed by atoms with E-state index in [4.69, 9.17) is 18.4 Å². The summed E-state index contributed by atoms with van der Waals surface area (Å²) in [6.07, 6.45) is -0.456. The molecule has 0 aliphatic heterocycles. The topological polar surface area (TPSA) is 71.1 Å². The van der Waals surface area contributed by atoms with E-state index in [0.717, 1.165) is 5.56 Å². The summed E-state index contributed by atoms with van der Waals surface area (Å²) in [5, 5.41) is 0. The summed E-state index contributed by atoms with van der Waals surface area (Å²) in [6.45, 7) is 8.24. The van der Waals surface area contributed by atoms with Gasteiger partial charge in [0.1, 0.15) is 0 Å². The molecule has 1 aromatic rings. The summed E-state index contributed by atoms with van der Waals surface area (Å²) >= 11 is 0. The first kappa shape index (κ1) is 21.1. The quantitative estimate of drug-likeness (QED) is 0.565. The molecule has 6 nitrogen and oxygen atoms in total. The van der Waals surface area contributed by atoms with Gasteiger partial charge in [-0.25, -0.2) is 0 Å². The molecule has 0 aliphatic rings. The van der Waals surface area contributed by atoms with Crippen molar-refractivity contribution in [2.75, 3.05) is 26.9 Å². The van der Waals surface area contributed by atoms with Gasteiger partial charge in [0.2, 0.25) is 0 Å². The van der Waals surface area contributed by atoms with Crippen LogP contribution in [0, 0.1) is 6.92 Å². The van der Waals surface area contributed by atoms with Crippen molar-refractivity contribution in [3.05, 3.63) is 29.8 Å². The zero-order valence-electron chi connectivity index (χ0n) is 15.0. The van der Waals surface area contributed by atoms with E-state index in [0.29, 0.717) is 13.2 Å². The molecule has 0 saturated heterocycles. The van der Waals surface area contributed by atoms with Crippen LogP contribution in [0.3, 0.4) is 0 Å². The molecule has 1 aromatic carbocycles. The van der Waals surface area contributed by atoms with E-state index in [2.05, 4.69) is 0 Å². The number of aryl methyl sites for hydroxylation is 1. The number of methoxy groups -OCH3 is 1. The Morgan fingerprint density at radius 1 is 0.875 bits per heavy atom. The van der Waals surface area contributed by atoms with Gasteiger partial charge in [-0.05, 0) is 39.8 Å². The maximum Gasteiger partial charge on any atom is 0.297 e. The Hall–Kier alpha value is -0.990. The first-order valence-electron chi connectivity index (χ1n) is 7.96. The van der Waals surface area contributed by atoms with Crippen LogP contribution in [0.4, 0.5) is 0 Å². The molecule has 0 radical (unpaired) electrons. The van der Waals surface area contributed by atoms with Crippen LogP contribution in [0.2, 0.25) is 0 Å². The highest BCUT2D eigenvalue weighted by molar-refractivity contribution is 7.86. The van der Waals surface area contributed by atoms with Gasteiger partial charge in [0.05, 0.1) is 43.0 Å². The van der Waals surface area contributed by atoms with Gasteiger partial charge in [-0.15, -0.1) is 0 Å². The molecule has 3 atom stereocenters. The lowest BCUT2D eigenvalue weighted by Crippen LogP contribution is -2.27. The van der Waals surface area contributed by atoms with Crippen LogP contribution < -0.4 is 0 Å². The van der Waals surface area contributed by atoms with E-state index in [1.165, 1.54) is 12.1 Å². The molecule has 24 heavy (non-hydrogen) atoms. The predicted octanol–water partition coefficient (Wildman–Crippen LogP) is 2.55. The molecule has 1 rings (SSSR count). The molecule has 0 heterocycles. The second-order valence-electron chi connectivity index (χ2n) is 5.89. The van der Waals surface area contributed by atoms with Crippen LogP contribution in [0.25, 0.3) is 0 Å². The fourth-order valence-corrected chi connectivity index (χ4v) is 2.70. The molecule has 0 aromatic heterocycles. The van der Waals surface area contributed by atoms with E-state index in [1.807, 2.05) is 20.8 Å². The van der Waals surface area contributed by atoms with Crippen molar-refractivity contribution in [3.8, 4) is 0 Å². The average molecular weight is 360 g/mol. The minimum absolute atomic E-state index is 0.0212. The van der Waals surface area contributed by atoms with E-state index in [1.54, 1.807) is 26.2 Å². The Kier molecular flexibility index (Phi) is 8.86. The first-order chi connectivity index (χ1) is 11.2. The summed E-state index contributed by atoms with van der Waals surface area (Å²) in [6, 6.07) is 6.53. The second-order valence-corrected chi connectivity index (χ2v) is 7.50. The summed E-state index contributed by atoms with van der Waals surface area (Å²) in [7, 11) is -2.14. The lowest BCUT2D eigenvalue weighted by atomic mass is 10.2. The van der Waals surface area contributed by atoms with Crippen molar-refractivity contribution in [1.29, 1.82) is 0 Å². The molecule has 0 amide bonds. The van der Waals surface area contributed by atoms with Gasteiger partial charge in [-0.1, -0.05) is 17.7 Å². The highest BCUT2D eigenvalue weighted by atomic mass is 32.2. The summed E-state index contributed by atoms with van der Waals surface area (Å²) in [4.78, 5) is 0.144. The van der Waals surface area contributed by atoms with Gasteiger partial charge in [-0.3, -0.25) is 4.18 Å². The Labute approximate surface area is 145 Å². The van der Waals surface area contributed by atoms with Crippen molar-refractivity contribution in [1.82, 2.24) is 0 Å². The minimum Gasteiger partial charge on any atom is -0.379 e. The lowest BCUT2D eigenvalue weighted by Gasteiger charge is -2.19. The third-order valence-electron chi connectivity index (χ3n) is 3.40. The fraction of sp³-hybridized carbons (Fsp3) is 0.647. The largest absolute Gasteiger partial charge is 0.379 e. The van der Waals surface area contributed by atoms with E-state index >= 15 is 0 Å². The van der Waals surface area contributed by atoms with Crippen molar-refractivity contribution in [2.24, 2.45) is 0 Å². The van der Waals surface area contributed by atoms with E-state index < -0.39 is 10.1 Å². The third kappa shape index (κ3) is 7.72. The van der Waals surface area contributed by atoms with Gasteiger partial charge in [0.15, 0.2) is 0 Å². The van der Waals surface area contributed by atoms with Crippen molar-refractivity contribution < 1.29 is 26.8 Å². The zero-order valence-corrected chi connectivity index (χ0v) is 15.8. The van der Waals surface area contributed by atoms with Crippen molar-refractivity contribution in [2.45, 2.75) is 50.9 Å². The molecule has 0 bridgehead atoms. The van der Waals surface area contributed by atoms with E-state index in [-0.39, 0.29) is 29.8 Å². The predicted molar refractivity (Wildman–Crippen MR) is 91.6 cm³/mol. The smallest absolute Gasteiger partial charge is 0.297 e. The molecule has 0 aliphatic carbocycles. The SMILES string of the molecule is COC(C)COC(C)COC(C)COS(=O)(=O)c1ccc(C)cc1. The number of hydrogen-bond donors (Lipinski definition) is 0. The number of ether oxygens (including phenoxy) is 3. The van der Waals surface area contributed by atoms with Gasteiger partial charge in [0.25, 0.3) is 10.1 Å². The number of benzene rings is 1. The summed E-state index contributed by atoms with van der Waals surface area (Å²) < 4.78 is 45.4. The molecule has 7 heteroatoms. The molecule has 0 fully saturated rings. The maximum atomic E-state index is 12.1. The minimum atomic E-state index is -3.76. The standard InChI is InChI=1S/C17H28O6S/c1-13-6-8-17(9-7-13)24(18,19)23-12-16(4)22-11-15(3)21-10-14(2)20-5/h6-9,14-16H,10-12H2,1-5H3. The van der Waals surface area contributed by atoms with Crippen LogP contribution in [-0.4, -0.2) is 53.7 Å². The maximum absolute atomic E-state index is 12.1. The highest BCUT2D eigenvalue weighted by Crippen LogP contribution is 2.14. The second kappa shape index (κ2) is 10.1. The Morgan fingerprint density at radius 2 is 1.38 bits per heavy atom. The fourth-order valence-electron chi connectivity index (χ4n) is 1.72. The summed E-state index contributed by atoms with van der Waals surface area (Å²) in [5.74, 6) is 0. The van der Waals surface area contributed by atoms with Crippen LogP contribution in [0.15, 0.2) is 29.2 Å². The number of rotatable bonds is 11. The Balaban J connectivity index is 2.35. The van der Waals surface area contributed by atoms with Crippen molar-refractivity contribution >= 4 is 10.1 Å². The molecular weight excluding hydrogens is 332 g/mol. The molecular formula is C17H28O6S. The zero-order chi connectivity index (χ0) is 18.2. The average Bonchev–Trinajstić information content (AvgIpc) is 2.56. The Morgan fingerprint density at radius 3 is 1.92 bits per heavy atom. The highest BCUT2D eigenvalue weighted by Gasteiger charge is 2.17. The van der Waals surface area contributed by atoms with Crippen LogP contribution in [0.5, 0.6) is 0 Å². The van der Waals surface area contributed by atoms with Crippen LogP contribution in [-0.2, 0) is 28.5 Å². The van der Waals surface area contributed by atoms with Crippen LogP contribution >= 0.6 is 0 Å². The molecule has 3 unspecified atom stereocenters. The molecule has 0 saturated carbocycles.